The molecule has 0 aliphatic heterocycles. The highest BCUT2D eigenvalue weighted by Gasteiger charge is 2.15. The van der Waals surface area contributed by atoms with E-state index in [0.717, 1.165) is 18.2 Å². The van der Waals surface area contributed by atoms with Crippen LogP contribution in [-0.4, -0.2) is 38.9 Å². The van der Waals surface area contributed by atoms with E-state index in [1.807, 2.05) is 13.8 Å². The number of sulfonamides is 1. The zero-order valence-corrected chi connectivity index (χ0v) is 12.3. The van der Waals surface area contributed by atoms with Crippen LogP contribution >= 0.6 is 0 Å². The van der Waals surface area contributed by atoms with Gasteiger partial charge in [-0.15, -0.1) is 0 Å². The standard InChI is InChI=1S/C12H17FN2O4S/c1-8(2)15(3)12(16)7-19-11-5-4-9(6-10(11)13)20(14,17)18/h4-6,8H,7H2,1-3H3,(H2,14,17,18). The third-order valence-electron chi connectivity index (χ3n) is 2.75. The van der Waals surface area contributed by atoms with Crippen molar-refractivity contribution in [2.45, 2.75) is 24.8 Å². The summed E-state index contributed by atoms with van der Waals surface area (Å²) < 4.78 is 40.7. The van der Waals surface area contributed by atoms with Crippen LogP contribution in [0.2, 0.25) is 0 Å². The van der Waals surface area contributed by atoms with Crippen LogP contribution in [0.3, 0.4) is 0 Å². The first-order valence-corrected chi connectivity index (χ1v) is 7.38. The predicted octanol–water partition coefficient (Wildman–Crippen LogP) is 0.719. The van der Waals surface area contributed by atoms with Gasteiger partial charge < -0.3 is 9.64 Å². The molecule has 1 rings (SSSR count). The van der Waals surface area contributed by atoms with Gasteiger partial charge in [-0.05, 0) is 32.0 Å². The molecule has 0 saturated carbocycles. The summed E-state index contributed by atoms with van der Waals surface area (Å²) in [6, 6.07) is 2.99. The number of hydrogen-bond donors (Lipinski definition) is 1. The molecule has 0 saturated heterocycles. The molecule has 1 amide bonds. The van der Waals surface area contributed by atoms with Gasteiger partial charge in [-0.1, -0.05) is 0 Å². The van der Waals surface area contributed by atoms with Crippen LogP contribution in [0.4, 0.5) is 4.39 Å². The van der Waals surface area contributed by atoms with Gasteiger partial charge in [0.15, 0.2) is 18.2 Å². The molecule has 0 bridgehead atoms. The van der Waals surface area contributed by atoms with Crippen LogP contribution in [0.15, 0.2) is 23.1 Å². The molecular weight excluding hydrogens is 287 g/mol. The lowest BCUT2D eigenvalue weighted by Crippen LogP contribution is -2.36. The Morgan fingerprint density at radius 3 is 2.50 bits per heavy atom. The monoisotopic (exact) mass is 304 g/mol. The summed E-state index contributed by atoms with van der Waals surface area (Å²) in [4.78, 5) is 12.8. The number of nitrogens with zero attached hydrogens (tertiary/aromatic N) is 1. The highest BCUT2D eigenvalue weighted by molar-refractivity contribution is 7.89. The first-order chi connectivity index (χ1) is 9.12. The lowest BCUT2D eigenvalue weighted by molar-refractivity contribution is -0.133. The van der Waals surface area contributed by atoms with E-state index in [4.69, 9.17) is 9.88 Å². The van der Waals surface area contributed by atoms with Crippen molar-refractivity contribution in [3.05, 3.63) is 24.0 Å². The number of likely N-dealkylation sites (N-methyl/N-ethyl adjacent to an activating group) is 1. The average Bonchev–Trinajstić information content (AvgIpc) is 2.34. The van der Waals surface area contributed by atoms with Crippen LogP contribution in [0.5, 0.6) is 5.75 Å². The molecule has 1 aromatic rings. The molecule has 0 aliphatic carbocycles. The smallest absolute Gasteiger partial charge is 0.260 e. The van der Waals surface area contributed by atoms with Gasteiger partial charge in [0.05, 0.1) is 4.90 Å². The molecule has 0 spiro atoms. The lowest BCUT2D eigenvalue weighted by Gasteiger charge is -2.21. The summed E-state index contributed by atoms with van der Waals surface area (Å²) in [5.41, 5.74) is 0. The van der Waals surface area contributed by atoms with Crippen molar-refractivity contribution in [1.29, 1.82) is 0 Å². The van der Waals surface area contributed by atoms with Crippen molar-refractivity contribution in [3.8, 4) is 5.75 Å². The maximum absolute atomic E-state index is 13.6. The summed E-state index contributed by atoms with van der Waals surface area (Å²) in [7, 11) is -2.36. The predicted molar refractivity (Wildman–Crippen MR) is 71.2 cm³/mol. The molecule has 2 N–H and O–H groups in total. The first-order valence-electron chi connectivity index (χ1n) is 5.83. The Morgan fingerprint density at radius 1 is 1.45 bits per heavy atom. The van der Waals surface area contributed by atoms with Gasteiger partial charge in [-0.3, -0.25) is 4.79 Å². The molecule has 20 heavy (non-hydrogen) atoms. The van der Waals surface area contributed by atoms with Gasteiger partial charge >= 0.3 is 0 Å². The zero-order valence-electron chi connectivity index (χ0n) is 11.5. The normalized spacial score (nSPS) is 11.5. The molecule has 8 heteroatoms. The number of amides is 1. The average molecular weight is 304 g/mol. The largest absolute Gasteiger partial charge is 0.481 e. The minimum atomic E-state index is -3.97. The van der Waals surface area contributed by atoms with Crippen molar-refractivity contribution in [2.75, 3.05) is 13.7 Å². The summed E-state index contributed by atoms with van der Waals surface area (Å²) in [5, 5.41) is 4.87. The van der Waals surface area contributed by atoms with Crippen LogP contribution in [0.1, 0.15) is 13.8 Å². The topological polar surface area (TPSA) is 89.7 Å². The second-order valence-electron chi connectivity index (χ2n) is 4.52. The summed E-state index contributed by atoms with van der Waals surface area (Å²) in [5.74, 6) is -1.41. The van der Waals surface area contributed by atoms with Crippen molar-refractivity contribution < 1.29 is 22.3 Å². The number of benzene rings is 1. The van der Waals surface area contributed by atoms with Gasteiger partial charge in [0.1, 0.15) is 0 Å². The fourth-order valence-electron chi connectivity index (χ4n) is 1.30. The highest BCUT2D eigenvalue weighted by Crippen LogP contribution is 2.20. The molecular formula is C12H17FN2O4S. The minimum Gasteiger partial charge on any atom is -0.481 e. The van der Waals surface area contributed by atoms with Crippen molar-refractivity contribution in [3.63, 3.8) is 0 Å². The van der Waals surface area contributed by atoms with E-state index in [1.54, 1.807) is 7.05 Å². The number of nitrogens with two attached hydrogens (primary N) is 1. The molecule has 0 radical (unpaired) electrons. The zero-order chi connectivity index (χ0) is 15.5. The van der Waals surface area contributed by atoms with Gasteiger partial charge in [-0.2, -0.15) is 0 Å². The summed E-state index contributed by atoms with van der Waals surface area (Å²) in [6.45, 7) is 3.33. The number of rotatable bonds is 5. The summed E-state index contributed by atoms with van der Waals surface area (Å²) >= 11 is 0. The number of hydrogen-bond acceptors (Lipinski definition) is 4. The Kier molecular flexibility index (Phi) is 5.07. The Balaban J connectivity index is 2.78. The summed E-state index contributed by atoms with van der Waals surface area (Å²) in [6.07, 6.45) is 0. The van der Waals surface area contributed by atoms with Crippen LogP contribution < -0.4 is 9.88 Å². The van der Waals surface area contributed by atoms with Crippen molar-refractivity contribution in [2.24, 2.45) is 5.14 Å². The fourth-order valence-corrected chi connectivity index (χ4v) is 1.83. The number of primary sulfonamides is 1. The lowest BCUT2D eigenvalue weighted by atomic mass is 10.3. The molecule has 6 nitrogen and oxygen atoms in total. The van der Waals surface area contributed by atoms with Crippen LogP contribution in [-0.2, 0) is 14.8 Å². The van der Waals surface area contributed by atoms with Gasteiger partial charge in [-0.25, -0.2) is 17.9 Å². The molecule has 0 aromatic heterocycles. The quantitative estimate of drug-likeness (QED) is 0.868. The Labute approximate surface area is 117 Å². The number of ether oxygens (including phenoxy) is 1. The van der Waals surface area contributed by atoms with E-state index in [-0.39, 0.29) is 29.2 Å². The molecule has 0 atom stereocenters. The molecule has 112 valence electrons. The maximum Gasteiger partial charge on any atom is 0.260 e. The maximum atomic E-state index is 13.6. The van der Waals surface area contributed by atoms with Gasteiger partial charge in [0.25, 0.3) is 5.91 Å². The van der Waals surface area contributed by atoms with E-state index in [1.165, 1.54) is 4.90 Å². The Bertz CT molecular complexity index is 601. The second kappa shape index (κ2) is 6.19. The highest BCUT2D eigenvalue weighted by atomic mass is 32.2. The van der Waals surface area contributed by atoms with Gasteiger partial charge in [0.2, 0.25) is 10.0 Å². The van der Waals surface area contributed by atoms with Crippen LogP contribution in [0, 0.1) is 5.82 Å². The number of carbonyl (C=O) groups excluding carboxylic acids is 1. The van der Waals surface area contributed by atoms with Crippen LogP contribution in [0.25, 0.3) is 0 Å². The van der Waals surface area contributed by atoms with Crippen molar-refractivity contribution in [1.82, 2.24) is 4.90 Å². The Morgan fingerprint density at radius 2 is 2.05 bits per heavy atom. The third-order valence-corrected chi connectivity index (χ3v) is 3.66. The molecule has 0 aliphatic rings. The molecule has 0 fully saturated rings. The van der Waals surface area contributed by atoms with Gasteiger partial charge in [0, 0.05) is 13.1 Å². The van der Waals surface area contributed by atoms with E-state index >= 15 is 0 Å². The molecule has 0 heterocycles. The van der Waals surface area contributed by atoms with E-state index < -0.39 is 15.8 Å². The van der Waals surface area contributed by atoms with Crippen molar-refractivity contribution >= 4 is 15.9 Å². The third kappa shape index (κ3) is 4.17. The second-order valence-corrected chi connectivity index (χ2v) is 6.09. The molecule has 0 unspecified atom stereocenters. The first kappa shape index (κ1) is 16.4. The van der Waals surface area contributed by atoms with E-state index in [0.29, 0.717) is 0 Å². The Hall–Kier alpha value is -1.67. The SMILES string of the molecule is CC(C)N(C)C(=O)COc1ccc(S(N)(=O)=O)cc1F. The molecule has 1 aromatic carbocycles. The minimum absolute atomic E-state index is 0.000654. The van der Waals surface area contributed by atoms with E-state index in [2.05, 4.69) is 0 Å². The van der Waals surface area contributed by atoms with E-state index in [9.17, 15) is 17.6 Å². The number of halogens is 1. The fraction of sp³-hybridized carbons (Fsp3) is 0.417. The number of carbonyl (C=O) groups is 1.